The van der Waals surface area contributed by atoms with Crippen molar-refractivity contribution < 1.29 is 4.79 Å². The lowest BCUT2D eigenvalue weighted by atomic mass is 10.2. The van der Waals surface area contributed by atoms with E-state index >= 15 is 0 Å². The molecule has 3 rings (SSSR count). The maximum Gasteiger partial charge on any atom is 0.265 e. The van der Waals surface area contributed by atoms with E-state index in [-0.39, 0.29) is 5.91 Å². The molecule has 102 valence electrons. The van der Waals surface area contributed by atoms with Gasteiger partial charge in [-0.15, -0.1) is 11.3 Å². The first kappa shape index (κ1) is 13.5. The van der Waals surface area contributed by atoms with E-state index in [4.69, 9.17) is 11.6 Å². The summed E-state index contributed by atoms with van der Waals surface area (Å²) in [5.74, 6) is -0.133. The Bertz CT molecular complexity index is 781. The van der Waals surface area contributed by atoms with Crippen LogP contribution in [0, 0.1) is 0 Å². The predicted octanol–water partition coefficient (Wildman–Crippen LogP) is 4.22. The molecule has 0 saturated carbocycles. The van der Waals surface area contributed by atoms with Gasteiger partial charge in [0.1, 0.15) is 11.0 Å². The Morgan fingerprint density at radius 1 is 1.25 bits per heavy atom. The number of aryl methyl sites for hydroxylation is 1. The fourth-order valence-electron chi connectivity index (χ4n) is 1.81. The van der Waals surface area contributed by atoms with Crippen molar-refractivity contribution in [3.05, 3.63) is 39.0 Å². The number of hydrogen-bond donors (Lipinski definition) is 1. The molecule has 1 aromatic carbocycles. The van der Waals surface area contributed by atoms with E-state index in [1.165, 1.54) is 16.2 Å². The number of aromatic nitrogens is 2. The number of carbonyl (C=O) groups excluding carboxylic acids is 1. The van der Waals surface area contributed by atoms with Crippen molar-refractivity contribution in [2.24, 2.45) is 0 Å². The van der Waals surface area contributed by atoms with Gasteiger partial charge in [-0.05, 0) is 30.7 Å². The SMILES string of the molecule is CCc1ccc(C(=O)Nc2ccc(Cl)c3nsnc23)s1. The van der Waals surface area contributed by atoms with Gasteiger partial charge in [-0.25, -0.2) is 0 Å². The summed E-state index contributed by atoms with van der Waals surface area (Å²) >= 11 is 8.62. The van der Waals surface area contributed by atoms with E-state index in [0.717, 1.165) is 18.1 Å². The minimum Gasteiger partial charge on any atom is -0.319 e. The summed E-state index contributed by atoms with van der Waals surface area (Å²) < 4.78 is 8.31. The van der Waals surface area contributed by atoms with Crippen LogP contribution in [0.4, 0.5) is 5.69 Å². The van der Waals surface area contributed by atoms with E-state index < -0.39 is 0 Å². The van der Waals surface area contributed by atoms with E-state index in [9.17, 15) is 4.79 Å². The van der Waals surface area contributed by atoms with E-state index in [2.05, 4.69) is 21.0 Å². The van der Waals surface area contributed by atoms with Crippen LogP contribution in [0.3, 0.4) is 0 Å². The van der Waals surface area contributed by atoms with E-state index in [1.807, 2.05) is 12.1 Å². The Morgan fingerprint density at radius 2 is 2.05 bits per heavy atom. The molecule has 0 saturated heterocycles. The first-order valence-corrected chi connectivity index (χ1v) is 7.92. The summed E-state index contributed by atoms with van der Waals surface area (Å²) in [7, 11) is 0. The van der Waals surface area contributed by atoms with Crippen LogP contribution in [0.1, 0.15) is 21.5 Å². The fraction of sp³-hybridized carbons (Fsp3) is 0.154. The summed E-state index contributed by atoms with van der Waals surface area (Å²) in [6.45, 7) is 2.07. The quantitative estimate of drug-likeness (QED) is 0.785. The summed E-state index contributed by atoms with van der Waals surface area (Å²) in [5.41, 5.74) is 1.88. The third kappa shape index (κ3) is 2.42. The number of fused-ring (bicyclic) bond motifs is 1. The van der Waals surface area contributed by atoms with Crippen molar-refractivity contribution in [1.82, 2.24) is 8.75 Å². The Hall–Kier alpha value is -1.50. The van der Waals surface area contributed by atoms with Crippen molar-refractivity contribution >= 4 is 57.3 Å². The molecule has 3 aromatic rings. The summed E-state index contributed by atoms with van der Waals surface area (Å²) in [6.07, 6.45) is 0.930. The van der Waals surface area contributed by atoms with Crippen LogP contribution in [0.2, 0.25) is 5.02 Å². The summed E-state index contributed by atoms with van der Waals surface area (Å²) in [6, 6.07) is 7.28. The molecule has 0 radical (unpaired) electrons. The molecule has 4 nitrogen and oxygen atoms in total. The topological polar surface area (TPSA) is 54.9 Å². The smallest absolute Gasteiger partial charge is 0.265 e. The number of nitrogens with zero attached hydrogens (tertiary/aromatic N) is 2. The lowest BCUT2D eigenvalue weighted by Crippen LogP contribution is -2.10. The van der Waals surface area contributed by atoms with Crippen LogP contribution in [0.5, 0.6) is 0 Å². The van der Waals surface area contributed by atoms with Crippen LogP contribution in [-0.4, -0.2) is 14.7 Å². The molecule has 0 bridgehead atoms. The lowest BCUT2D eigenvalue weighted by Gasteiger charge is -2.04. The molecule has 20 heavy (non-hydrogen) atoms. The largest absolute Gasteiger partial charge is 0.319 e. The first-order chi connectivity index (χ1) is 9.69. The minimum atomic E-state index is -0.133. The van der Waals surface area contributed by atoms with Gasteiger partial charge < -0.3 is 5.32 Å². The molecule has 0 unspecified atom stereocenters. The number of thiophene rings is 1. The molecule has 7 heteroatoms. The van der Waals surface area contributed by atoms with Crippen LogP contribution < -0.4 is 5.32 Å². The minimum absolute atomic E-state index is 0.133. The number of carbonyl (C=O) groups is 1. The monoisotopic (exact) mass is 323 g/mol. The molecule has 2 heterocycles. The van der Waals surface area contributed by atoms with Crippen LogP contribution in [0.15, 0.2) is 24.3 Å². The number of rotatable bonds is 3. The van der Waals surface area contributed by atoms with Crippen LogP contribution in [0.25, 0.3) is 11.0 Å². The molecule has 1 N–H and O–H groups in total. The second kappa shape index (κ2) is 5.47. The number of halogens is 1. The van der Waals surface area contributed by atoms with Crippen LogP contribution >= 0.6 is 34.7 Å². The van der Waals surface area contributed by atoms with Crippen molar-refractivity contribution in [3.8, 4) is 0 Å². The molecular formula is C13H10ClN3OS2. The predicted molar refractivity (Wildman–Crippen MR) is 84.1 cm³/mol. The van der Waals surface area contributed by atoms with Gasteiger partial charge in [0.05, 0.1) is 27.3 Å². The Labute approximate surface area is 128 Å². The van der Waals surface area contributed by atoms with Crippen molar-refractivity contribution in [2.45, 2.75) is 13.3 Å². The Morgan fingerprint density at radius 3 is 2.80 bits per heavy atom. The fourth-order valence-corrected chi connectivity index (χ4v) is 3.47. The van der Waals surface area contributed by atoms with Crippen molar-refractivity contribution in [2.75, 3.05) is 5.32 Å². The second-order valence-electron chi connectivity index (χ2n) is 4.13. The average molecular weight is 324 g/mol. The van der Waals surface area contributed by atoms with Gasteiger partial charge in [0.25, 0.3) is 5.91 Å². The van der Waals surface area contributed by atoms with E-state index in [1.54, 1.807) is 12.1 Å². The highest BCUT2D eigenvalue weighted by atomic mass is 35.5. The second-order valence-corrected chi connectivity index (χ2v) is 6.23. The molecule has 0 fully saturated rings. The number of anilines is 1. The standard InChI is InChI=1S/C13H10ClN3OS2/c1-2-7-3-6-10(19-7)13(18)15-9-5-4-8(14)11-12(9)17-20-16-11/h3-6H,2H2,1H3,(H,15,18). The number of amides is 1. The summed E-state index contributed by atoms with van der Waals surface area (Å²) in [5, 5.41) is 3.41. The van der Waals surface area contributed by atoms with Crippen LogP contribution in [-0.2, 0) is 6.42 Å². The Kier molecular flexibility index (Phi) is 3.69. The molecular weight excluding hydrogens is 314 g/mol. The maximum absolute atomic E-state index is 12.2. The third-order valence-electron chi connectivity index (χ3n) is 2.85. The first-order valence-electron chi connectivity index (χ1n) is 6.00. The zero-order valence-electron chi connectivity index (χ0n) is 10.5. The molecule has 0 aliphatic carbocycles. The highest BCUT2D eigenvalue weighted by Crippen LogP contribution is 2.29. The zero-order chi connectivity index (χ0) is 14.1. The maximum atomic E-state index is 12.2. The molecule has 0 spiro atoms. The highest BCUT2D eigenvalue weighted by Gasteiger charge is 2.14. The lowest BCUT2D eigenvalue weighted by molar-refractivity contribution is 0.103. The number of benzene rings is 1. The molecule has 0 aliphatic rings. The van der Waals surface area contributed by atoms with E-state index in [0.29, 0.717) is 26.6 Å². The molecule has 1 amide bonds. The van der Waals surface area contributed by atoms with Crippen molar-refractivity contribution in [1.29, 1.82) is 0 Å². The Balaban J connectivity index is 1.91. The van der Waals surface area contributed by atoms with Gasteiger partial charge in [-0.3, -0.25) is 4.79 Å². The van der Waals surface area contributed by atoms with Gasteiger partial charge in [0.2, 0.25) is 0 Å². The summed E-state index contributed by atoms with van der Waals surface area (Å²) in [4.78, 5) is 14.1. The normalized spacial score (nSPS) is 10.9. The molecule has 0 atom stereocenters. The van der Waals surface area contributed by atoms with Gasteiger partial charge >= 0.3 is 0 Å². The zero-order valence-corrected chi connectivity index (χ0v) is 12.9. The van der Waals surface area contributed by atoms with Gasteiger partial charge in [0, 0.05) is 4.88 Å². The average Bonchev–Trinajstić information content (AvgIpc) is 3.10. The number of hydrogen-bond acceptors (Lipinski definition) is 5. The van der Waals surface area contributed by atoms with Gasteiger partial charge in [0.15, 0.2) is 0 Å². The third-order valence-corrected chi connectivity index (χ3v) is 4.91. The van der Waals surface area contributed by atoms with Gasteiger partial charge in [-0.2, -0.15) is 8.75 Å². The molecule has 0 aliphatic heterocycles. The molecule has 2 aromatic heterocycles. The number of nitrogens with one attached hydrogen (secondary N) is 1. The highest BCUT2D eigenvalue weighted by molar-refractivity contribution is 7.14. The van der Waals surface area contributed by atoms with Crippen molar-refractivity contribution in [3.63, 3.8) is 0 Å². The van der Waals surface area contributed by atoms with Gasteiger partial charge in [-0.1, -0.05) is 18.5 Å².